The van der Waals surface area contributed by atoms with Crippen molar-refractivity contribution in [1.82, 2.24) is 0 Å². The summed E-state index contributed by atoms with van der Waals surface area (Å²) < 4.78 is 1.47. The molecule has 0 heterocycles. The van der Waals surface area contributed by atoms with E-state index in [1.165, 1.54) is 3.58 Å². The van der Waals surface area contributed by atoms with Gasteiger partial charge in [-0.1, -0.05) is 6.07 Å². The molecule has 0 fully saturated rings. The first-order valence-electron chi connectivity index (χ1n) is 9.99. The molecule has 0 N–H and O–H groups in total. The van der Waals surface area contributed by atoms with E-state index in [1.54, 1.807) is 0 Å². The molecule has 144 valence electrons. The molecule has 3 heteroatoms. The van der Waals surface area contributed by atoms with Crippen molar-refractivity contribution in [2.45, 2.75) is 14.8 Å². The third kappa shape index (κ3) is 3.40. The third-order valence-corrected chi connectivity index (χ3v) is 11.6. The normalized spacial score (nSPS) is 16.8. The van der Waals surface area contributed by atoms with Crippen LogP contribution in [0.1, 0.15) is 11.1 Å². The first-order chi connectivity index (χ1) is 14.4. The SMILES string of the molecule is [CH3][Sn]([CH3])([CH3])[c]1ccc(C2=CC=C=C3C=C(c4ccccc4)C(C#N)(C#N)C3=C2)cc1. The van der Waals surface area contributed by atoms with Crippen molar-refractivity contribution >= 4 is 33.1 Å². The van der Waals surface area contributed by atoms with Gasteiger partial charge in [0, 0.05) is 0 Å². The molecule has 0 saturated heterocycles. The van der Waals surface area contributed by atoms with E-state index in [-0.39, 0.29) is 0 Å². The van der Waals surface area contributed by atoms with Crippen LogP contribution in [0.25, 0.3) is 11.1 Å². The summed E-state index contributed by atoms with van der Waals surface area (Å²) in [5, 5.41) is 20.3. The minimum absolute atomic E-state index is 0.699. The van der Waals surface area contributed by atoms with E-state index in [2.05, 4.69) is 57.0 Å². The van der Waals surface area contributed by atoms with Crippen LogP contribution >= 0.6 is 0 Å². The van der Waals surface area contributed by atoms with Crippen molar-refractivity contribution in [1.29, 1.82) is 10.5 Å². The second-order valence-corrected chi connectivity index (χ2v) is 23.1. The van der Waals surface area contributed by atoms with Gasteiger partial charge in [0.05, 0.1) is 0 Å². The molecule has 0 atom stereocenters. The molecule has 0 bridgehead atoms. The Kier molecular flexibility index (Phi) is 5.17. The molecule has 2 aromatic carbocycles. The van der Waals surface area contributed by atoms with Gasteiger partial charge in [-0.15, -0.1) is 0 Å². The summed E-state index contributed by atoms with van der Waals surface area (Å²) in [4.78, 5) is 7.21. The van der Waals surface area contributed by atoms with Gasteiger partial charge in [0.25, 0.3) is 0 Å². The summed E-state index contributed by atoms with van der Waals surface area (Å²) >= 11 is -2.12. The number of fused-ring (bicyclic) bond motifs is 1. The summed E-state index contributed by atoms with van der Waals surface area (Å²) in [5.41, 5.74) is 7.10. The average molecular weight is 493 g/mol. The maximum absolute atomic E-state index is 10.1. The molecule has 0 radical (unpaired) electrons. The number of hydrogen-bond donors (Lipinski definition) is 0. The topological polar surface area (TPSA) is 47.6 Å². The Balaban J connectivity index is 1.82. The molecule has 0 spiro atoms. The summed E-state index contributed by atoms with van der Waals surface area (Å²) in [6, 6.07) is 23.1. The molecule has 30 heavy (non-hydrogen) atoms. The molecule has 4 rings (SSSR count). The van der Waals surface area contributed by atoms with Gasteiger partial charge in [0.1, 0.15) is 0 Å². The van der Waals surface area contributed by atoms with Crippen molar-refractivity contribution in [2.24, 2.45) is 5.41 Å². The van der Waals surface area contributed by atoms with Crippen LogP contribution in [-0.2, 0) is 0 Å². The van der Waals surface area contributed by atoms with Crippen LogP contribution < -0.4 is 3.58 Å². The predicted molar refractivity (Wildman–Crippen MR) is 125 cm³/mol. The Bertz CT molecular complexity index is 1230. The van der Waals surface area contributed by atoms with E-state index in [0.29, 0.717) is 11.1 Å². The summed E-state index contributed by atoms with van der Waals surface area (Å²) in [6.07, 6.45) is 7.80. The zero-order valence-electron chi connectivity index (χ0n) is 17.4. The molecule has 0 aliphatic heterocycles. The van der Waals surface area contributed by atoms with Crippen LogP contribution in [0.4, 0.5) is 0 Å². The standard InChI is InChI=1S/C24H13N2.3CH3.Sn/c25-16-24(17-26)22(19-10-5-2-6-11-19)15-21-13-7-12-20(14-23(21)24)18-8-3-1-4-9-18;;;;/h2-12,14-15H;3*1H3;. The average Bonchev–Trinajstić information content (AvgIpc) is 2.90. The minimum atomic E-state index is -2.12. The second-order valence-electron chi connectivity index (χ2n) is 8.63. The van der Waals surface area contributed by atoms with Crippen LogP contribution in [0.15, 0.2) is 95.8 Å². The van der Waals surface area contributed by atoms with Crippen LogP contribution in [-0.4, -0.2) is 18.4 Å². The van der Waals surface area contributed by atoms with Crippen molar-refractivity contribution in [3.05, 3.63) is 107 Å². The van der Waals surface area contributed by atoms with Gasteiger partial charge in [-0.2, -0.15) is 0 Å². The fourth-order valence-corrected chi connectivity index (χ4v) is 7.26. The van der Waals surface area contributed by atoms with Crippen molar-refractivity contribution in [2.75, 3.05) is 0 Å². The molecule has 2 aliphatic rings. The summed E-state index contributed by atoms with van der Waals surface area (Å²) in [5.74, 6) is 0. The monoisotopic (exact) mass is 494 g/mol. The molecule has 0 amide bonds. The molecule has 0 saturated carbocycles. The molecule has 0 aromatic heterocycles. The van der Waals surface area contributed by atoms with Crippen molar-refractivity contribution < 1.29 is 0 Å². The molecule has 0 unspecified atom stereocenters. The number of rotatable bonds is 3. The van der Waals surface area contributed by atoms with E-state index in [4.69, 9.17) is 0 Å². The van der Waals surface area contributed by atoms with Gasteiger partial charge in [-0.3, -0.25) is 0 Å². The zero-order chi connectivity index (χ0) is 21.4. The third-order valence-electron chi connectivity index (χ3n) is 5.69. The Labute approximate surface area is 182 Å². The summed E-state index contributed by atoms with van der Waals surface area (Å²) in [7, 11) is 0. The number of allylic oxidation sites excluding steroid dienone is 7. The predicted octanol–water partition coefficient (Wildman–Crippen LogP) is 5.77. The Morgan fingerprint density at radius 1 is 0.800 bits per heavy atom. The van der Waals surface area contributed by atoms with Gasteiger partial charge < -0.3 is 0 Å². The van der Waals surface area contributed by atoms with E-state index >= 15 is 0 Å². The quantitative estimate of drug-likeness (QED) is 0.403. The molecular formula is C27H22N2Sn. The van der Waals surface area contributed by atoms with Crippen LogP contribution in [0.2, 0.25) is 14.8 Å². The first-order valence-corrected chi connectivity index (χ1v) is 20.0. The number of nitrogens with zero attached hydrogens (tertiary/aromatic N) is 2. The summed E-state index contributed by atoms with van der Waals surface area (Å²) in [6.45, 7) is 0. The van der Waals surface area contributed by atoms with E-state index < -0.39 is 23.8 Å². The van der Waals surface area contributed by atoms with Gasteiger partial charge in [0.2, 0.25) is 0 Å². The number of benzene rings is 2. The Morgan fingerprint density at radius 2 is 1.47 bits per heavy atom. The van der Waals surface area contributed by atoms with Gasteiger partial charge >= 0.3 is 177 Å². The van der Waals surface area contributed by atoms with Crippen molar-refractivity contribution in [3.8, 4) is 12.1 Å². The van der Waals surface area contributed by atoms with Gasteiger partial charge in [0.15, 0.2) is 0 Å². The Hall–Kier alpha value is -3.04. The number of nitriles is 2. The fraction of sp³-hybridized carbons (Fsp3) is 0.148. The first kappa shape index (κ1) is 20.2. The van der Waals surface area contributed by atoms with E-state index in [0.717, 1.165) is 22.3 Å². The van der Waals surface area contributed by atoms with E-state index in [1.807, 2.05) is 54.6 Å². The fourth-order valence-electron chi connectivity index (χ4n) is 3.93. The molecular weight excluding hydrogens is 471 g/mol. The zero-order valence-corrected chi connectivity index (χ0v) is 20.3. The molecule has 2 aromatic rings. The van der Waals surface area contributed by atoms with Crippen LogP contribution in [0.5, 0.6) is 0 Å². The van der Waals surface area contributed by atoms with Crippen LogP contribution in [0, 0.1) is 28.1 Å². The Morgan fingerprint density at radius 3 is 2.07 bits per heavy atom. The van der Waals surface area contributed by atoms with Gasteiger partial charge in [-0.05, 0) is 0 Å². The second kappa shape index (κ2) is 7.66. The molecule has 2 nitrogen and oxygen atoms in total. The number of hydrogen-bond acceptors (Lipinski definition) is 2. The molecule has 2 aliphatic carbocycles. The van der Waals surface area contributed by atoms with E-state index in [9.17, 15) is 10.5 Å². The van der Waals surface area contributed by atoms with Gasteiger partial charge in [-0.25, -0.2) is 0 Å². The van der Waals surface area contributed by atoms with Crippen LogP contribution in [0.3, 0.4) is 0 Å². The maximum atomic E-state index is 10.1. The van der Waals surface area contributed by atoms with Crippen molar-refractivity contribution in [3.63, 3.8) is 0 Å².